The average Bonchev–Trinajstić information content (AvgIpc) is 3.52. The van der Waals surface area contributed by atoms with E-state index in [1.54, 1.807) is 0 Å². The fourth-order valence-electron chi connectivity index (χ4n) is 6.63. The fourth-order valence-corrected chi connectivity index (χ4v) is 6.63. The van der Waals surface area contributed by atoms with E-state index in [0.29, 0.717) is 11.8 Å². The first-order valence-electron chi connectivity index (χ1n) is 16.0. The zero-order valence-corrected chi connectivity index (χ0v) is 27.4. The zero-order chi connectivity index (χ0) is 32.1. The summed E-state index contributed by atoms with van der Waals surface area (Å²) in [5, 5.41) is 5.03. The van der Waals surface area contributed by atoms with Crippen molar-refractivity contribution in [1.82, 2.24) is 14.8 Å². The number of ether oxygens (including phenoxy) is 1. The molecule has 0 atom stereocenters. The Balaban J connectivity index is 1.36. The standard InChI is InChI=1S/C41H40N4O/c1-28(2)30-22-23-42-38(24-30)46-34-19-13-18-32(25-34)44(31-16-11-8-12-17-31)33-20-21-36-37(26-33)45-39(41(5,6)40(36,3)4)35(27-43-45)29-14-9-7-10-15-29/h7-28H,1-6H3. The third kappa shape index (κ3) is 4.96. The molecule has 2 aromatic heterocycles. The molecular formula is C41H40N4O. The van der Waals surface area contributed by atoms with Crippen LogP contribution in [-0.2, 0) is 10.8 Å². The summed E-state index contributed by atoms with van der Waals surface area (Å²) in [6, 6.07) is 40.2. The minimum atomic E-state index is -0.172. The molecule has 5 heteroatoms. The lowest BCUT2D eigenvalue weighted by atomic mass is 9.59. The zero-order valence-electron chi connectivity index (χ0n) is 27.4. The smallest absolute Gasteiger partial charge is 0.219 e. The maximum absolute atomic E-state index is 6.31. The van der Waals surface area contributed by atoms with Crippen molar-refractivity contribution in [2.24, 2.45) is 0 Å². The number of hydrogen-bond acceptors (Lipinski definition) is 4. The van der Waals surface area contributed by atoms with Gasteiger partial charge in [-0.05, 0) is 65.1 Å². The predicted molar refractivity (Wildman–Crippen MR) is 188 cm³/mol. The molecule has 0 amide bonds. The molecule has 0 N–H and O–H groups in total. The van der Waals surface area contributed by atoms with Gasteiger partial charge in [-0.25, -0.2) is 9.67 Å². The van der Waals surface area contributed by atoms with Gasteiger partial charge in [0.1, 0.15) is 5.75 Å². The second-order valence-corrected chi connectivity index (χ2v) is 13.5. The summed E-state index contributed by atoms with van der Waals surface area (Å²) in [5.74, 6) is 1.71. The normalized spacial score (nSPS) is 14.4. The molecule has 0 bridgehead atoms. The predicted octanol–water partition coefficient (Wildman–Crippen LogP) is 10.9. The van der Waals surface area contributed by atoms with Crippen LogP contribution in [0.15, 0.2) is 128 Å². The third-order valence-electron chi connectivity index (χ3n) is 9.89. The number of fused-ring (bicyclic) bond motifs is 3. The molecule has 0 radical (unpaired) electrons. The molecule has 0 saturated heterocycles. The molecule has 1 aliphatic heterocycles. The maximum atomic E-state index is 6.31. The molecule has 7 rings (SSSR count). The summed E-state index contributed by atoms with van der Waals surface area (Å²) in [5.41, 5.74) is 9.92. The van der Waals surface area contributed by atoms with Gasteiger partial charge in [-0.15, -0.1) is 0 Å². The van der Waals surface area contributed by atoms with Crippen LogP contribution in [0.4, 0.5) is 17.1 Å². The van der Waals surface area contributed by atoms with E-state index in [0.717, 1.165) is 28.5 Å². The van der Waals surface area contributed by atoms with Gasteiger partial charge in [0.15, 0.2) is 0 Å². The third-order valence-corrected chi connectivity index (χ3v) is 9.89. The van der Waals surface area contributed by atoms with E-state index < -0.39 is 0 Å². The highest BCUT2D eigenvalue weighted by Gasteiger charge is 2.48. The Morgan fingerprint density at radius 3 is 2.13 bits per heavy atom. The van der Waals surface area contributed by atoms with Crippen molar-refractivity contribution < 1.29 is 4.74 Å². The van der Waals surface area contributed by atoms with Gasteiger partial charge in [0, 0.05) is 51.8 Å². The van der Waals surface area contributed by atoms with Crippen LogP contribution in [0.3, 0.4) is 0 Å². The molecule has 5 nitrogen and oxygen atoms in total. The van der Waals surface area contributed by atoms with Gasteiger partial charge < -0.3 is 9.64 Å². The molecule has 0 fully saturated rings. The number of anilines is 3. The molecule has 0 spiro atoms. The van der Waals surface area contributed by atoms with Crippen molar-refractivity contribution in [2.45, 2.75) is 58.3 Å². The lowest BCUT2D eigenvalue weighted by molar-refractivity contribution is 0.276. The van der Waals surface area contributed by atoms with E-state index in [9.17, 15) is 0 Å². The summed E-state index contributed by atoms with van der Waals surface area (Å²) >= 11 is 0. The Labute approximate surface area is 272 Å². The Kier molecular flexibility index (Phi) is 7.28. The number of nitrogens with zero attached hydrogens (tertiary/aromatic N) is 4. The van der Waals surface area contributed by atoms with Crippen LogP contribution in [0.2, 0.25) is 0 Å². The van der Waals surface area contributed by atoms with Crippen molar-refractivity contribution >= 4 is 17.1 Å². The highest BCUT2D eigenvalue weighted by atomic mass is 16.5. The van der Waals surface area contributed by atoms with Crippen molar-refractivity contribution in [3.8, 4) is 28.4 Å². The highest BCUT2D eigenvalue weighted by molar-refractivity contribution is 5.80. The first-order valence-corrected chi connectivity index (χ1v) is 16.0. The minimum Gasteiger partial charge on any atom is -0.439 e. The van der Waals surface area contributed by atoms with E-state index >= 15 is 0 Å². The first-order chi connectivity index (χ1) is 22.1. The maximum Gasteiger partial charge on any atom is 0.219 e. The van der Waals surface area contributed by atoms with E-state index in [4.69, 9.17) is 9.84 Å². The molecule has 0 aliphatic carbocycles. The van der Waals surface area contributed by atoms with Gasteiger partial charge in [0.05, 0.1) is 17.6 Å². The second-order valence-electron chi connectivity index (χ2n) is 13.5. The Morgan fingerprint density at radius 1 is 0.696 bits per heavy atom. The quantitative estimate of drug-likeness (QED) is 0.182. The van der Waals surface area contributed by atoms with Crippen LogP contribution >= 0.6 is 0 Å². The van der Waals surface area contributed by atoms with E-state index in [-0.39, 0.29) is 10.8 Å². The second kappa shape index (κ2) is 11.3. The summed E-state index contributed by atoms with van der Waals surface area (Å²) in [6.45, 7) is 13.7. The average molecular weight is 605 g/mol. The van der Waals surface area contributed by atoms with Gasteiger partial charge in [0.2, 0.25) is 5.88 Å². The molecule has 0 unspecified atom stereocenters. The number of aromatic nitrogens is 3. The van der Waals surface area contributed by atoms with Gasteiger partial charge in [-0.2, -0.15) is 5.10 Å². The molecule has 230 valence electrons. The number of hydrogen-bond donors (Lipinski definition) is 0. The molecule has 3 heterocycles. The summed E-state index contributed by atoms with van der Waals surface area (Å²) in [4.78, 5) is 6.76. The lowest BCUT2D eigenvalue weighted by Crippen LogP contribution is -2.46. The van der Waals surface area contributed by atoms with Crippen LogP contribution in [0.5, 0.6) is 11.6 Å². The Bertz CT molecular complexity index is 2010. The Morgan fingerprint density at radius 2 is 1.39 bits per heavy atom. The fraction of sp³-hybridized carbons (Fsp3) is 0.220. The first kappa shape index (κ1) is 29.5. The Hall–Kier alpha value is -5.16. The number of rotatable bonds is 7. The van der Waals surface area contributed by atoms with E-state index in [1.165, 1.54) is 27.9 Å². The van der Waals surface area contributed by atoms with Crippen molar-refractivity contribution in [1.29, 1.82) is 0 Å². The lowest BCUT2D eigenvalue weighted by Gasteiger charge is -2.47. The SMILES string of the molecule is CC(C)c1ccnc(Oc2cccc(N(c3ccccc3)c3ccc4c(c3)-n3ncc(-c5ccccc5)c3C(C)(C)C4(C)C)c2)c1. The molecule has 6 aromatic rings. The highest BCUT2D eigenvalue weighted by Crippen LogP contribution is 2.53. The van der Waals surface area contributed by atoms with Crippen LogP contribution in [0, 0.1) is 0 Å². The molecule has 4 aromatic carbocycles. The minimum absolute atomic E-state index is 0.150. The van der Waals surface area contributed by atoms with Crippen LogP contribution in [-0.4, -0.2) is 14.8 Å². The van der Waals surface area contributed by atoms with E-state index in [2.05, 4.69) is 141 Å². The summed E-state index contributed by atoms with van der Waals surface area (Å²) < 4.78 is 8.48. The number of para-hydroxylation sites is 1. The van der Waals surface area contributed by atoms with Gasteiger partial charge in [-0.3, -0.25) is 0 Å². The van der Waals surface area contributed by atoms with E-state index in [1.807, 2.05) is 42.7 Å². The van der Waals surface area contributed by atoms with Gasteiger partial charge in [-0.1, -0.05) is 102 Å². The molecule has 46 heavy (non-hydrogen) atoms. The van der Waals surface area contributed by atoms with Crippen LogP contribution in [0.25, 0.3) is 16.8 Å². The number of pyridine rings is 1. The van der Waals surface area contributed by atoms with Crippen molar-refractivity contribution in [2.75, 3.05) is 4.90 Å². The van der Waals surface area contributed by atoms with Gasteiger partial charge >= 0.3 is 0 Å². The number of benzene rings is 4. The van der Waals surface area contributed by atoms with Crippen LogP contribution < -0.4 is 9.64 Å². The summed E-state index contributed by atoms with van der Waals surface area (Å²) in [7, 11) is 0. The van der Waals surface area contributed by atoms with Crippen molar-refractivity contribution in [3.05, 3.63) is 144 Å². The largest absolute Gasteiger partial charge is 0.439 e. The molecule has 0 saturated carbocycles. The topological polar surface area (TPSA) is 43.2 Å². The monoisotopic (exact) mass is 604 g/mol. The molecular weight excluding hydrogens is 564 g/mol. The van der Waals surface area contributed by atoms with Crippen molar-refractivity contribution in [3.63, 3.8) is 0 Å². The van der Waals surface area contributed by atoms with Gasteiger partial charge in [0.25, 0.3) is 0 Å². The molecule has 1 aliphatic rings. The van der Waals surface area contributed by atoms with Crippen LogP contribution in [0.1, 0.15) is 64.3 Å². The summed E-state index contributed by atoms with van der Waals surface area (Å²) in [6.07, 6.45) is 3.84.